The number of benzene rings is 2. The number of fused-ring (bicyclic) bond motifs is 1. The first-order valence-corrected chi connectivity index (χ1v) is 10.1. The van der Waals surface area contributed by atoms with Crippen LogP contribution in [0.2, 0.25) is 0 Å². The first kappa shape index (κ1) is 21.2. The lowest BCUT2D eigenvalue weighted by Gasteiger charge is -2.16. The molecule has 4 aromatic rings. The average Bonchev–Trinajstić information content (AvgIpc) is 2.81. The van der Waals surface area contributed by atoms with E-state index in [1.807, 2.05) is 49.4 Å². The molecule has 0 spiro atoms. The van der Waals surface area contributed by atoms with Crippen LogP contribution in [0.5, 0.6) is 5.75 Å². The summed E-state index contributed by atoms with van der Waals surface area (Å²) in [4.78, 5) is 33.4. The first-order valence-electron chi connectivity index (χ1n) is 10.1. The third-order valence-corrected chi connectivity index (χ3v) is 4.95. The third-order valence-electron chi connectivity index (χ3n) is 4.95. The highest BCUT2D eigenvalue weighted by atomic mass is 19.1. The maximum atomic E-state index is 13.5. The predicted octanol–water partition coefficient (Wildman–Crippen LogP) is 3.39. The van der Waals surface area contributed by atoms with Crippen LogP contribution in [0.15, 0.2) is 78.0 Å². The number of hydrogen-bond donors (Lipinski definition) is 1. The number of carbonyl (C=O) groups is 1. The molecule has 1 N–H and O–H groups in total. The van der Waals surface area contributed by atoms with Crippen molar-refractivity contribution in [2.75, 3.05) is 0 Å². The van der Waals surface area contributed by atoms with Crippen LogP contribution in [-0.2, 0) is 17.9 Å². The Balaban J connectivity index is 1.41. The number of nitrogens with zero attached hydrogens (tertiary/aromatic N) is 3. The average molecular weight is 432 g/mol. The number of halogens is 1. The molecule has 0 radical (unpaired) electrons. The lowest BCUT2D eigenvalue weighted by Crippen LogP contribution is -2.34. The first-order chi connectivity index (χ1) is 15.5. The third kappa shape index (κ3) is 4.97. The van der Waals surface area contributed by atoms with Gasteiger partial charge in [-0.25, -0.2) is 9.37 Å². The number of hydrogen-bond acceptors (Lipinski definition) is 5. The van der Waals surface area contributed by atoms with E-state index >= 15 is 0 Å². The van der Waals surface area contributed by atoms with Crippen LogP contribution in [-0.4, -0.2) is 20.4 Å². The molecule has 1 unspecified atom stereocenters. The SMILES string of the molecule is CC(NC(=O)Cn1cnc2ccc(F)cc2c1=O)c1cccc(OCc2ccccn2)c1. The molecule has 32 heavy (non-hydrogen) atoms. The Morgan fingerprint density at radius 2 is 2.00 bits per heavy atom. The van der Waals surface area contributed by atoms with Gasteiger partial charge in [0.05, 0.1) is 29.0 Å². The van der Waals surface area contributed by atoms with Crippen molar-refractivity contribution >= 4 is 16.8 Å². The lowest BCUT2D eigenvalue weighted by atomic mass is 10.1. The molecule has 2 aromatic heterocycles. The molecule has 7 nitrogen and oxygen atoms in total. The molecule has 0 aliphatic heterocycles. The Hall–Kier alpha value is -4.07. The zero-order valence-corrected chi connectivity index (χ0v) is 17.4. The molecule has 0 aliphatic carbocycles. The number of ether oxygens (including phenoxy) is 1. The van der Waals surface area contributed by atoms with Crippen molar-refractivity contribution in [3.8, 4) is 5.75 Å². The smallest absolute Gasteiger partial charge is 0.261 e. The van der Waals surface area contributed by atoms with Crippen LogP contribution in [0.25, 0.3) is 10.9 Å². The Kier molecular flexibility index (Phi) is 6.21. The maximum absolute atomic E-state index is 13.5. The summed E-state index contributed by atoms with van der Waals surface area (Å²) < 4.78 is 20.4. The maximum Gasteiger partial charge on any atom is 0.261 e. The second kappa shape index (κ2) is 9.38. The highest BCUT2D eigenvalue weighted by Crippen LogP contribution is 2.20. The number of aromatic nitrogens is 3. The molecule has 1 atom stereocenters. The summed E-state index contributed by atoms with van der Waals surface area (Å²) in [6.45, 7) is 1.95. The van der Waals surface area contributed by atoms with Gasteiger partial charge in [0, 0.05) is 6.20 Å². The molecular weight excluding hydrogens is 411 g/mol. The Labute approximate surface area is 183 Å². The van der Waals surface area contributed by atoms with E-state index in [4.69, 9.17) is 4.74 Å². The zero-order valence-electron chi connectivity index (χ0n) is 17.4. The topological polar surface area (TPSA) is 86.1 Å². The van der Waals surface area contributed by atoms with Crippen LogP contribution in [0.3, 0.4) is 0 Å². The van der Waals surface area contributed by atoms with Gasteiger partial charge in [-0.3, -0.25) is 19.1 Å². The summed E-state index contributed by atoms with van der Waals surface area (Å²) in [7, 11) is 0. The molecule has 0 aliphatic rings. The van der Waals surface area contributed by atoms with Crippen LogP contribution in [0.1, 0.15) is 24.2 Å². The quantitative estimate of drug-likeness (QED) is 0.484. The minimum absolute atomic E-state index is 0.131. The van der Waals surface area contributed by atoms with Gasteiger partial charge in [0.15, 0.2) is 0 Å². The largest absolute Gasteiger partial charge is 0.487 e. The minimum Gasteiger partial charge on any atom is -0.487 e. The Bertz CT molecular complexity index is 1310. The fourth-order valence-electron chi connectivity index (χ4n) is 3.28. The van der Waals surface area contributed by atoms with Crippen LogP contribution < -0.4 is 15.6 Å². The highest BCUT2D eigenvalue weighted by Gasteiger charge is 2.13. The molecule has 2 aromatic carbocycles. The van der Waals surface area contributed by atoms with Crippen molar-refractivity contribution in [2.24, 2.45) is 0 Å². The van der Waals surface area contributed by atoms with E-state index < -0.39 is 11.4 Å². The summed E-state index contributed by atoms with van der Waals surface area (Å²) in [6, 6.07) is 16.5. The van der Waals surface area contributed by atoms with E-state index in [2.05, 4.69) is 15.3 Å². The predicted molar refractivity (Wildman–Crippen MR) is 118 cm³/mol. The second-order valence-corrected chi connectivity index (χ2v) is 7.31. The van der Waals surface area contributed by atoms with Gasteiger partial charge in [-0.15, -0.1) is 0 Å². The van der Waals surface area contributed by atoms with Crippen molar-refractivity contribution < 1.29 is 13.9 Å². The second-order valence-electron chi connectivity index (χ2n) is 7.31. The van der Waals surface area contributed by atoms with E-state index in [0.717, 1.165) is 21.9 Å². The van der Waals surface area contributed by atoms with Crippen molar-refractivity contribution in [2.45, 2.75) is 26.1 Å². The standard InChI is InChI=1S/C24H21FN4O3/c1-16(17-5-4-7-20(11-17)32-14-19-6-2-3-10-26-19)28-23(30)13-29-15-27-22-9-8-18(25)12-21(22)24(29)31/h2-12,15-16H,13-14H2,1H3,(H,28,30). The van der Waals surface area contributed by atoms with E-state index in [9.17, 15) is 14.0 Å². The summed E-state index contributed by atoms with van der Waals surface area (Å²) in [5, 5.41) is 2.99. The fourth-order valence-corrected chi connectivity index (χ4v) is 3.28. The van der Waals surface area contributed by atoms with Crippen molar-refractivity contribution in [1.82, 2.24) is 19.9 Å². The number of pyridine rings is 1. The van der Waals surface area contributed by atoms with Crippen molar-refractivity contribution in [3.63, 3.8) is 0 Å². The fraction of sp³-hybridized carbons (Fsp3) is 0.167. The number of carbonyl (C=O) groups excluding carboxylic acids is 1. The molecule has 8 heteroatoms. The Morgan fingerprint density at radius 1 is 1.12 bits per heavy atom. The summed E-state index contributed by atoms with van der Waals surface area (Å²) in [5.41, 5.74) is 1.57. The van der Waals surface area contributed by atoms with E-state index in [1.165, 1.54) is 18.5 Å². The summed E-state index contributed by atoms with van der Waals surface area (Å²) in [6.07, 6.45) is 3.00. The molecule has 0 bridgehead atoms. The van der Waals surface area contributed by atoms with Crippen LogP contribution in [0.4, 0.5) is 4.39 Å². The van der Waals surface area contributed by atoms with E-state index in [-0.39, 0.29) is 23.9 Å². The van der Waals surface area contributed by atoms with Gasteiger partial charge >= 0.3 is 0 Å². The summed E-state index contributed by atoms with van der Waals surface area (Å²) in [5.74, 6) is -0.236. The summed E-state index contributed by atoms with van der Waals surface area (Å²) >= 11 is 0. The van der Waals surface area contributed by atoms with Gasteiger partial charge in [-0.1, -0.05) is 18.2 Å². The van der Waals surface area contributed by atoms with Crippen LogP contribution >= 0.6 is 0 Å². The molecule has 0 saturated carbocycles. The van der Waals surface area contributed by atoms with Crippen molar-refractivity contribution in [1.29, 1.82) is 0 Å². The van der Waals surface area contributed by atoms with Gasteiger partial charge in [0.2, 0.25) is 5.91 Å². The number of nitrogens with one attached hydrogen (secondary N) is 1. The van der Waals surface area contributed by atoms with Gasteiger partial charge in [-0.05, 0) is 55.0 Å². The zero-order chi connectivity index (χ0) is 22.5. The molecule has 4 rings (SSSR count). The molecule has 0 fully saturated rings. The normalized spacial score (nSPS) is 11.8. The van der Waals surface area contributed by atoms with E-state index in [0.29, 0.717) is 17.9 Å². The van der Waals surface area contributed by atoms with Crippen molar-refractivity contribution in [3.05, 3.63) is 101 Å². The monoisotopic (exact) mass is 432 g/mol. The number of rotatable bonds is 7. The molecular formula is C24H21FN4O3. The van der Waals surface area contributed by atoms with Gasteiger partial charge < -0.3 is 10.1 Å². The Morgan fingerprint density at radius 3 is 2.81 bits per heavy atom. The van der Waals surface area contributed by atoms with Gasteiger partial charge in [0.25, 0.3) is 5.56 Å². The molecule has 2 heterocycles. The molecule has 162 valence electrons. The number of amides is 1. The van der Waals surface area contributed by atoms with Crippen LogP contribution in [0, 0.1) is 5.82 Å². The minimum atomic E-state index is -0.530. The molecule has 1 amide bonds. The van der Waals surface area contributed by atoms with E-state index in [1.54, 1.807) is 6.20 Å². The highest BCUT2D eigenvalue weighted by molar-refractivity contribution is 5.79. The lowest BCUT2D eigenvalue weighted by molar-refractivity contribution is -0.122. The van der Waals surface area contributed by atoms with Gasteiger partial charge in [0.1, 0.15) is 24.7 Å². The molecule has 0 saturated heterocycles. The van der Waals surface area contributed by atoms with Gasteiger partial charge in [-0.2, -0.15) is 0 Å².